The molecule has 0 bridgehead atoms. The predicted octanol–water partition coefficient (Wildman–Crippen LogP) is 3.91. The molecular formula is C22H23NO2. The monoisotopic (exact) mass is 333 g/mol. The van der Waals surface area contributed by atoms with Gasteiger partial charge in [-0.3, -0.25) is 9.59 Å². The van der Waals surface area contributed by atoms with Gasteiger partial charge in [-0.15, -0.1) is 0 Å². The number of benzene rings is 2. The SMILES string of the molecule is O=C(c1ccccc1)[C@H]1CCCN(C(=O)c2ccc3c(c2)CCC3)C1. The Kier molecular flexibility index (Phi) is 4.39. The standard InChI is InChI=1S/C22H23NO2/c24-21(17-6-2-1-3-7-17)20-10-5-13-23(15-20)22(25)19-12-11-16-8-4-9-18(16)14-19/h1-3,6-7,11-12,14,20H,4-5,8-10,13,15H2/t20-/m0/s1. The van der Waals surface area contributed by atoms with Crippen molar-refractivity contribution in [2.45, 2.75) is 32.1 Å². The number of carbonyl (C=O) groups is 2. The lowest BCUT2D eigenvalue weighted by molar-refractivity contribution is 0.0637. The van der Waals surface area contributed by atoms with Crippen LogP contribution in [0.4, 0.5) is 0 Å². The first-order valence-electron chi connectivity index (χ1n) is 9.23. The van der Waals surface area contributed by atoms with Gasteiger partial charge in [0.05, 0.1) is 0 Å². The highest BCUT2D eigenvalue weighted by Gasteiger charge is 2.29. The molecular weight excluding hydrogens is 310 g/mol. The number of carbonyl (C=O) groups excluding carboxylic acids is 2. The number of likely N-dealkylation sites (tertiary alicyclic amines) is 1. The molecule has 0 saturated carbocycles. The van der Waals surface area contributed by atoms with Gasteiger partial charge in [-0.1, -0.05) is 36.4 Å². The number of hydrogen-bond acceptors (Lipinski definition) is 2. The van der Waals surface area contributed by atoms with E-state index in [0.29, 0.717) is 6.54 Å². The minimum atomic E-state index is -0.0884. The van der Waals surface area contributed by atoms with E-state index in [-0.39, 0.29) is 17.6 Å². The Balaban J connectivity index is 1.49. The second-order valence-electron chi connectivity index (χ2n) is 7.16. The van der Waals surface area contributed by atoms with E-state index in [2.05, 4.69) is 12.1 Å². The first-order chi connectivity index (χ1) is 12.2. The summed E-state index contributed by atoms with van der Waals surface area (Å²) in [7, 11) is 0. The fraction of sp³-hybridized carbons (Fsp3) is 0.364. The number of amides is 1. The Morgan fingerprint density at radius 2 is 1.68 bits per heavy atom. The van der Waals surface area contributed by atoms with E-state index in [9.17, 15) is 9.59 Å². The smallest absolute Gasteiger partial charge is 0.253 e. The zero-order chi connectivity index (χ0) is 17.2. The van der Waals surface area contributed by atoms with Crippen LogP contribution in [0.5, 0.6) is 0 Å². The molecule has 3 heteroatoms. The summed E-state index contributed by atoms with van der Waals surface area (Å²) in [6.07, 6.45) is 5.14. The fourth-order valence-electron chi connectivity index (χ4n) is 4.10. The lowest BCUT2D eigenvalue weighted by atomic mass is 9.89. The van der Waals surface area contributed by atoms with E-state index in [1.165, 1.54) is 17.5 Å². The topological polar surface area (TPSA) is 37.4 Å². The lowest BCUT2D eigenvalue weighted by Gasteiger charge is -2.32. The number of Topliss-reactive ketones (excluding diaryl/α,β-unsaturated/α-hetero) is 1. The molecule has 128 valence electrons. The van der Waals surface area contributed by atoms with Gasteiger partial charge in [0.15, 0.2) is 5.78 Å². The van der Waals surface area contributed by atoms with Gasteiger partial charge in [0.2, 0.25) is 0 Å². The van der Waals surface area contributed by atoms with Crippen molar-refractivity contribution in [3.63, 3.8) is 0 Å². The number of nitrogens with zero attached hydrogens (tertiary/aromatic N) is 1. The average molecular weight is 333 g/mol. The van der Waals surface area contributed by atoms with E-state index in [1.54, 1.807) is 0 Å². The molecule has 2 aromatic rings. The molecule has 0 unspecified atom stereocenters. The minimum absolute atomic E-state index is 0.0697. The number of aryl methyl sites for hydroxylation is 2. The van der Waals surface area contributed by atoms with E-state index in [0.717, 1.165) is 43.4 Å². The second-order valence-corrected chi connectivity index (χ2v) is 7.16. The quantitative estimate of drug-likeness (QED) is 0.799. The third-order valence-corrected chi connectivity index (χ3v) is 5.48. The molecule has 4 rings (SSSR count). The summed E-state index contributed by atoms with van der Waals surface area (Å²) >= 11 is 0. The number of piperidine rings is 1. The Bertz CT molecular complexity index is 797. The molecule has 25 heavy (non-hydrogen) atoms. The van der Waals surface area contributed by atoms with Crippen LogP contribution in [-0.4, -0.2) is 29.7 Å². The summed E-state index contributed by atoms with van der Waals surface area (Å²) in [6, 6.07) is 15.6. The molecule has 0 radical (unpaired) electrons. The highest BCUT2D eigenvalue weighted by molar-refractivity contribution is 5.99. The molecule has 2 aromatic carbocycles. The largest absolute Gasteiger partial charge is 0.338 e. The van der Waals surface area contributed by atoms with E-state index < -0.39 is 0 Å². The summed E-state index contributed by atoms with van der Waals surface area (Å²) in [5.41, 5.74) is 4.22. The molecule has 0 N–H and O–H groups in total. The van der Waals surface area contributed by atoms with Gasteiger partial charge >= 0.3 is 0 Å². The van der Waals surface area contributed by atoms with Crippen molar-refractivity contribution in [2.75, 3.05) is 13.1 Å². The van der Waals surface area contributed by atoms with E-state index in [1.807, 2.05) is 41.3 Å². The highest BCUT2D eigenvalue weighted by Crippen LogP contribution is 2.26. The van der Waals surface area contributed by atoms with Gasteiger partial charge in [0.25, 0.3) is 5.91 Å². The molecule has 1 amide bonds. The highest BCUT2D eigenvalue weighted by atomic mass is 16.2. The number of hydrogen-bond donors (Lipinski definition) is 0. The third kappa shape index (κ3) is 3.23. The molecule has 1 fully saturated rings. The third-order valence-electron chi connectivity index (χ3n) is 5.48. The molecule has 3 nitrogen and oxygen atoms in total. The van der Waals surface area contributed by atoms with Crippen molar-refractivity contribution in [1.29, 1.82) is 0 Å². The molecule has 0 spiro atoms. The summed E-state index contributed by atoms with van der Waals surface area (Å²) < 4.78 is 0. The van der Waals surface area contributed by atoms with Crippen molar-refractivity contribution in [2.24, 2.45) is 5.92 Å². The first-order valence-corrected chi connectivity index (χ1v) is 9.23. The Labute approximate surface area is 148 Å². The van der Waals surface area contributed by atoms with Crippen LogP contribution < -0.4 is 0 Å². The zero-order valence-electron chi connectivity index (χ0n) is 14.4. The van der Waals surface area contributed by atoms with Gasteiger partial charge in [0, 0.05) is 30.1 Å². The maximum absolute atomic E-state index is 12.9. The summed E-state index contributed by atoms with van der Waals surface area (Å²) in [4.78, 5) is 27.5. The maximum atomic E-state index is 12.9. The average Bonchev–Trinajstić information content (AvgIpc) is 3.15. The number of fused-ring (bicyclic) bond motifs is 1. The normalized spacial score (nSPS) is 19.5. The van der Waals surface area contributed by atoms with Crippen LogP contribution in [0.3, 0.4) is 0 Å². The Morgan fingerprint density at radius 3 is 2.52 bits per heavy atom. The molecule has 2 aliphatic rings. The molecule has 1 atom stereocenters. The van der Waals surface area contributed by atoms with Crippen molar-refractivity contribution >= 4 is 11.7 Å². The number of ketones is 1. The van der Waals surface area contributed by atoms with Crippen LogP contribution in [0.25, 0.3) is 0 Å². The summed E-state index contributed by atoms with van der Waals surface area (Å²) in [5.74, 6) is 0.141. The summed E-state index contributed by atoms with van der Waals surface area (Å²) in [6.45, 7) is 1.28. The van der Waals surface area contributed by atoms with E-state index in [4.69, 9.17) is 0 Å². The van der Waals surface area contributed by atoms with Crippen LogP contribution in [0, 0.1) is 5.92 Å². The Morgan fingerprint density at radius 1 is 0.880 bits per heavy atom. The van der Waals surface area contributed by atoms with Gasteiger partial charge in [-0.05, 0) is 55.4 Å². The maximum Gasteiger partial charge on any atom is 0.253 e. The van der Waals surface area contributed by atoms with Crippen molar-refractivity contribution in [3.8, 4) is 0 Å². The number of rotatable bonds is 3. The zero-order valence-corrected chi connectivity index (χ0v) is 14.4. The lowest BCUT2D eigenvalue weighted by Crippen LogP contribution is -2.42. The second kappa shape index (κ2) is 6.83. The minimum Gasteiger partial charge on any atom is -0.338 e. The van der Waals surface area contributed by atoms with Gasteiger partial charge in [0.1, 0.15) is 0 Å². The molecule has 1 saturated heterocycles. The van der Waals surface area contributed by atoms with Crippen molar-refractivity contribution < 1.29 is 9.59 Å². The van der Waals surface area contributed by atoms with Crippen LogP contribution in [0.1, 0.15) is 51.1 Å². The predicted molar refractivity (Wildman–Crippen MR) is 97.9 cm³/mol. The molecule has 1 aliphatic carbocycles. The van der Waals surface area contributed by atoms with Gasteiger partial charge in [-0.25, -0.2) is 0 Å². The van der Waals surface area contributed by atoms with Crippen LogP contribution >= 0.6 is 0 Å². The van der Waals surface area contributed by atoms with Crippen LogP contribution in [0.15, 0.2) is 48.5 Å². The molecule has 1 aliphatic heterocycles. The van der Waals surface area contributed by atoms with Crippen molar-refractivity contribution in [1.82, 2.24) is 4.90 Å². The Hall–Kier alpha value is -2.42. The van der Waals surface area contributed by atoms with E-state index >= 15 is 0 Å². The van der Waals surface area contributed by atoms with Gasteiger partial charge < -0.3 is 4.90 Å². The van der Waals surface area contributed by atoms with Crippen LogP contribution in [-0.2, 0) is 12.8 Å². The van der Waals surface area contributed by atoms with Crippen LogP contribution in [0.2, 0.25) is 0 Å². The summed E-state index contributed by atoms with van der Waals surface area (Å²) in [5, 5.41) is 0. The fourth-order valence-corrected chi connectivity index (χ4v) is 4.10. The first kappa shape index (κ1) is 16.1. The van der Waals surface area contributed by atoms with Gasteiger partial charge in [-0.2, -0.15) is 0 Å². The van der Waals surface area contributed by atoms with Crippen molar-refractivity contribution in [3.05, 3.63) is 70.8 Å². The molecule has 0 aromatic heterocycles. The molecule has 1 heterocycles.